The third kappa shape index (κ3) is 1.60. The average Bonchev–Trinajstić information content (AvgIpc) is 2.64. The zero-order valence-corrected chi connectivity index (χ0v) is 12.0. The summed E-state index contributed by atoms with van der Waals surface area (Å²) in [4.78, 5) is 0. The number of benzene rings is 2. The average molecular weight is 300 g/mol. The Bertz CT molecular complexity index is 725. The van der Waals surface area contributed by atoms with E-state index in [4.69, 9.17) is 0 Å². The lowest BCUT2D eigenvalue weighted by Crippen LogP contribution is -1.97. The predicted octanol–water partition coefficient (Wildman–Crippen LogP) is 5.01. The van der Waals surface area contributed by atoms with Crippen LogP contribution in [0.1, 0.15) is 11.3 Å². The number of aryl methyl sites for hydroxylation is 1. The lowest BCUT2D eigenvalue weighted by Gasteiger charge is -2.10. The molecule has 0 fully saturated rings. The second kappa shape index (κ2) is 4.29. The summed E-state index contributed by atoms with van der Waals surface area (Å²) in [6.45, 7) is 4.36. The fourth-order valence-corrected chi connectivity index (χ4v) is 2.93. The molecule has 0 unspecified atom stereocenters. The van der Waals surface area contributed by atoms with Gasteiger partial charge in [0.1, 0.15) is 0 Å². The lowest BCUT2D eigenvalue weighted by molar-refractivity contribution is 1.03. The molecule has 0 saturated carbocycles. The van der Waals surface area contributed by atoms with E-state index in [9.17, 15) is 0 Å². The van der Waals surface area contributed by atoms with Crippen LogP contribution in [0.3, 0.4) is 0 Å². The summed E-state index contributed by atoms with van der Waals surface area (Å²) in [5, 5.41) is 1.32. The lowest BCUT2D eigenvalue weighted by atomic mass is 10.2. The molecule has 2 aromatic carbocycles. The van der Waals surface area contributed by atoms with Crippen molar-refractivity contribution in [1.82, 2.24) is 4.57 Å². The van der Waals surface area contributed by atoms with Crippen molar-refractivity contribution >= 4 is 26.8 Å². The number of hydrogen-bond donors (Lipinski definition) is 0. The van der Waals surface area contributed by atoms with Gasteiger partial charge in [-0.25, -0.2) is 0 Å². The Labute approximate surface area is 115 Å². The molecule has 18 heavy (non-hydrogen) atoms. The highest BCUT2D eigenvalue weighted by Gasteiger charge is 2.12. The molecule has 3 aromatic rings. The van der Waals surface area contributed by atoms with Crippen LogP contribution in [0.5, 0.6) is 0 Å². The number of aromatic nitrogens is 1. The summed E-state index contributed by atoms with van der Waals surface area (Å²) in [5.74, 6) is 0. The van der Waals surface area contributed by atoms with E-state index in [0.29, 0.717) is 0 Å². The molecule has 2 heteroatoms. The van der Waals surface area contributed by atoms with Crippen LogP contribution in [0.15, 0.2) is 53.0 Å². The Kier molecular flexibility index (Phi) is 2.75. The summed E-state index contributed by atoms with van der Waals surface area (Å²) >= 11 is 3.64. The van der Waals surface area contributed by atoms with Crippen molar-refractivity contribution in [1.29, 1.82) is 0 Å². The Morgan fingerprint density at radius 3 is 2.33 bits per heavy atom. The van der Waals surface area contributed by atoms with Crippen LogP contribution in [0.4, 0.5) is 0 Å². The second-order valence-corrected chi connectivity index (χ2v) is 5.37. The fraction of sp³-hybridized carbons (Fsp3) is 0.125. The monoisotopic (exact) mass is 299 g/mol. The molecule has 0 aliphatic carbocycles. The first-order chi connectivity index (χ1) is 8.70. The molecule has 90 valence electrons. The van der Waals surface area contributed by atoms with Crippen LogP contribution in [0.2, 0.25) is 0 Å². The van der Waals surface area contributed by atoms with E-state index in [2.05, 4.69) is 76.8 Å². The van der Waals surface area contributed by atoms with Crippen molar-refractivity contribution < 1.29 is 0 Å². The van der Waals surface area contributed by atoms with E-state index in [0.717, 1.165) is 4.47 Å². The number of hydrogen-bond acceptors (Lipinski definition) is 0. The molecule has 0 bridgehead atoms. The third-order valence-corrected chi connectivity index (χ3v) is 4.19. The van der Waals surface area contributed by atoms with Crippen LogP contribution in [-0.4, -0.2) is 4.57 Å². The van der Waals surface area contributed by atoms with Crippen LogP contribution in [0.25, 0.3) is 16.6 Å². The topological polar surface area (TPSA) is 4.93 Å². The molecule has 0 atom stereocenters. The van der Waals surface area contributed by atoms with E-state index in [1.165, 1.54) is 27.8 Å². The van der Waals surface area contributed by atoms with Crippen LogP contribution >= 0.6 is 15.9 Å². The highest BCUT2D eigenvalue weighted by Crippen LogP contribution is 2.31. The predicted molar refractivity (Wildman–Crippen MR) is 80.4 cm³/mol. The normalized spacial score (nSPS) is 11.1. The minimum absolute atomic E-state index is 1.12. The van der Waals surface area contributed by atoms with E-state index in [1.807, 2.05) is 6.07 Å². The zero-order chi connectivity index (χ0) is 12.7. The maximum atomic E-state index is 3.64. The summed E-state index contributed by atoms with van der Waals surface area (Å²) < 4.78 is 3.43. The molecule has 0 spiro atoms. The van der Waals surface area contributed by atoms with Gasteiger partial charge in [0, 0.05) is 15.6 Å². The molecule has 0 radical (unpaired) electrons. The minimum Gasteiger partial charge on any atom is -0.312 e. The first-order valence-electron chi connectivity index (χ1n) is 6.01. The van der Waals surface area contributed by atoms with Gasteiger partial charge < -0.3 is 4.57 Å². The molecule has 1 aromatic heterocycles. The minimum atomic E-state index is 1.12. The summed E-state index contributed by atoms with van der Waals surface area (Å²) in [6, 6.07) is 16.9. The van der Waals surface area contributed by atoms with Crippen LogP contribution in [-0.2, 0) is 0 Å². The molecule has 3 rings (SSSR count). The first-order valence-corrected chi connectivity index (χ1v) is 6.81. The van der Waals surface area contributed by atoms with Gasteiger partial charge in [-0.15, -0.1) is 0 Å². The molecule has 1 nitrogen and oxygen atoms in total. The Morgan fingerprint density at radius 2 is 1.56 bits per heavy atom. The van der Waals surface area contributed by atoms with E-state index >= 15 is 0 Å². The Hall–Kier alpha value is -1.54. The number of halogens is 1. The third-order valence-electron chi connectivity index (χ3n) is 3.52. The molecule has 0 amide bonds. The highest BCUT2D eigenvalue weighted by atomic mass is 79.9. The largest absolute Gasteiger partial charge is 0.312 e. The number of nitrogens with zero attached hydrogens (tertiary/aromatic N) is 1. The maximum absolute atomic E-state index is 3.64. The van der Waals surface area contributed by atoms with E-state index < -0.39 is 0 Å². The maximum Gasteiger partial charge on any atom is 0.0600 e. The number of para-hydroxylation sites is 2. The van der Waals surface area contributed by atoms with Gasteiger partial charge in [-0.1, -0.05) is 30.3 Å². The van der Waals surface area contributed by atoms with E-state index in [-0.39, 0.29) is 0 Å². The van der Waals surface area contributed by atoms with Crippen LogP contribution < -0.4 is 0 Å². The van der Waals surface area contributed by atoms with Crippen molar-refractivity contribution in [3.8, 4) is 5.69 Å². The van der Waals surface area contributed by atoms with Crippen molar-refractivity contribution in [3.05, 3.63) is 64.3 Å². The van der Waals surface area contributed by atoms with Gasteiger partial charge in [0.15, 0.2) is 0 Å². The quantitative estimate of drug-likeness (QED) is 0.595. The van der Waals surface area contributed by atoms with Gasteiger partial charge >= 0.3 is 0 Å². The summed E-state index contributed by atoms with van der Waals surface area (Å²) in [5.41, 5.74) is 5.10. The molecular formula is C16H14BrN. The van der Waals surface area contributed by atoms with Crippen molar-refractivity contribution in [3.63, 3.8) is 0 Å². The highest BCUT2D eigenvalue weighted by molar-refractivity contribution is 9.10. The second-order valence-electron chi connectivity index (χ2n) is 4.51. The van der Waals surface area contributed by atoms with Gasteiger partial charge in [0.25, 0.3) is 0 Å². The SMILES string of the molecule is Cc1c(C)n(-c2ccccc2Br)c2ccccc12. The van der Waals surface area contributed by atoms with Gasteiger partial charge in [0.05, 0.1) is 11.2 Å². The molecule has 0 aliphatic rings. The molecule has 1 heterocycles. The standard InChI is InChI=1S/C16H14BrN/c1-11-12(2)18(15-9-5-3-7-13(11)15)16-10-6-4-8-14(16)17/h3-10H,1-2H3. The molecule has 0 aliphatic heterocycles. The van der Waals surface area contributed by atoms with Gasteiger partial charge in [0.2, 0.25) is 0 Å². The van der Waals surface area contributed by atoms with Crippen molar-refractivity contribution in [2.24, 2.45) is 0 Å². The van der Waals surface area contributed by atoms with Crippen LogP contribution in [0, 0.1) is 13.8 Å². The van der Waals surface area contributed by atoms with Gasteiger partial charge in [-0.3, -0.25) is 0 Å². The number of fused-ring (bicyclic) bond motifs is 1. The fourth-order valence-electron chi connectivity index (χ4n) is 2.47. The molecule has 0 N–H and O–H groups in total. The van der Waals surface area contributed by atoms with E-state index in [1.54, 1.807) is 0 Å². The van der Waals surface area contributed by atoms with Crippen molar-refractivity contribution in [2.75, 3.05) is 0 Å². The molecule has 0 saturated heterocycles. The first kappa shape index (κ1) is 11.5. The van der Waals surface area contributed by atoms with Gasteiger partial charge in [-0.05, 0) is 53.5 Å². The summed E-state index contributed by atoms with van der Waals surface area (Å²) in [6.07, 6.45) is 0. The van der Waals surface area contributed by atoms with Gasteiger partial charge in [-0.2, -0.15) is 0 Å². The molecular weight excluding hydrogens is 286 g/mol. The smallest absolute Gasteiger partial charge is 0.0600 e. The Morgan fingerprint density at radius 1 is 0.889 bits per heavy atom. The van der Waals surface area contributed by atoms with Crippen molar-refractivity contribution in [2.45, 2.75) is 13.8 Å². The zero-order valence-electron chi connectivity index (χ0n) is 10.4. The Balaban J connectivity index is 2.43. The summed E-state index contributed by atoms with van der Waals surface area (Å²) in [7, 11) is 0. The number of rotatable bonds is 1.